The van der Waals surface area contributed by atoms with Crippen molar-refractivity contribution in [3.63, 3.8) is 0 Å². The van der Waals surface area contributed by atoms with Crippen LogP contribution in [-0.4, -0.2) is 24.7 Å². The van der Waals surface area contributed by atoms with Crippen LogP contribution in [0.3, 0.4) is 0 Å². The van der Waals surface area contributed by atoms with Crippen LogP contribution in [-0.2, 0) is 13.1 Å². The Morgan fingerprint density at radius 1 is 1.25 bits per heavy atom. The minimum absolute atomic E-state index is 0.241. The van der Waals surface area contributed by atoms with Crippen molar-refractivity contribution < 1.29 is 4.39 Å². The Bertz CT molecular complexity index is 302. The van der Waals surface area contributed by atoms with E-state index < -0.39 is 0 Å². The molecule has 0 aromatic heterocycles. The Labute approximate surface area is 97.3 Å². The maximum absolute atomic E-state index is 12.1. The molecule has 0 amide bonds. The quantitative estimate of drug-likeness (QED) is 0.770. The summed E-state index contributed by atoms with van der Waals surface area (Å²) in [6.45, 7) is 5.05. The molecule has 0 aliphatic rings. The van der Waals surface area contributed by atoms with E-state index in [1.807, 2.05) is 12.1 Å². The summed E-state index contributed by atoms with van der Waals surface area (Å²) < 4.78 is 12.1. The average molecular weight is 224 g/mol. The smallest absolute Gasteiger partial charge is 0.0906 e. The molecule has 0 saturated carbocycles. The molecule has 0 bridgehead atoms. The van der Waals surface area contributed by atoms with Crippen molar-refractivity contribution in [2.75, 3.05) is 19.8 Å². The highest BCUT2D eigenvalue weighted by atomic mass is 19.1. The van der Waals surface area contributed by atoms with E-state index in [2.05, 4.69) is 24.0 Å². The summed E-state index contributed by atoms with van der Waals surface area (Å²) in [5.74, 6) is 0. The second-order valence-corrected chi connectivity index (χ2v) is 3.88. The maximum Gasteiger partial charge on any atom is 0.0906 e. The standard InChI is InChI=1S/C13H21FN2/c1-2-16(9-5-8-14)11-13-7-4-3-6-12(13)10-15/h3-4,6-7H,2,5,8-11,15H2,1H3. The Balaban J connectivity index is 2.62. The highest BCUT2D eigenvalue weighted by molar-refractivity contribution is 5.26. The van der Waals surface area contributed by atoms with Gasteiger partial charge in [-0.1, -0.05) is 31.2 Å². The molecule has 0 radical (unpaired) electrons. The minimum Gasteiger partial charge on any atom is -0.326 e. The van der Waals surface area contributed by atoms with Crippen LogP contribution in [0.1, 0.15) is 24.5 Å². The number of halogens is 1. The van der Waals surface area contributed by atoms with Gasteiger partial charge in [0.25, 0.3) is 0 Å². The highest BCUT2D eigenvalue weighted by Crippen LogP contribution is 2.11. The van der Waals surface area contributed by atoms with E-state index >= 15 is 0 Å². The fraction of sp³-hybridized carbons (Fsp3) is 0.538. The Hall–Kier alpha value is -0.930. The third-order valence-electron chi connectivity index (χ3n) is 2.79. The molecule has 0 aliphatic heterocycles. The molecular weight excluding hydrogens is 203 g/mol. The van der Waals surface area contributed by atoms with Crippen molar-refractivity contribution in [2.24, 2.45) is 5.73 Å². The zero-order valence-corrected chi connectivity index (χ0v) is 9.95. The molecule has 2 nitrogen and oxygen atoms in total. The first-order valence-corrected chi connectivity index (χ1v) is 5.87. The van der Waals surface area contributed by atoms with E-state index in [0.29, 0.717) is 13.0 Å². The highest BCUT2D eigenvalue weighted by Gasteiger charge is 2.06. The third kappa shape index (κ3) is 3.91. The third-order valence-corrected chi connectivity index (χ3v) is 2.79. The van der Waals surface area contributed by atoms with E-state index in [0.717, 1.165) is 19.6 Å². The van der Waals surface area contributed by atoms with Gasteiger partial charge in [0.05, 0.1) is 6.67 Å². The molecule has 0 saturated heterocycles. The minimum atomic E-state index is -0.241. The fourth-order valence-corrected chi connectivity index (χ4v) is 1.78. The number of hydrogen-bond acceptors (Lipinski definition) is 2. The largest absolute Gasteiger partial charge is 0.326 e. The summed E-state index contributed by atoms with van der Waals surface area (Å²) in [6.07, 6.45) is 0.610. The summed E-state index contributed by atoms with van der Waals surface area (Å²) in [5, 5.41) is 0. The van der Waals surface area contributed by atoms with Crippen LogP contribution >= 0.6 is 0 Å². The molecule has 0 fully saturated rings. The molecule has 1 aromatic rings. The lowest BCUT2D eigenvalue weighted by Crippen LogP contribution is -2.25. The Morgan fingerprint density at radius 3 is 2.50 bits per heavy atom. The van der Waals surface area contributed by atoms with Crippen LogP contribution in [0, 0.1) is 0 Å². The topological polar surface area (TPSA) is 29.3 Å². The summed E-state index contributed by atoms with van der Waals surface area (Å²) in [7, 11) is 0. The van der Waals surface area contributed by atoms with Gasteiger partial charge in [0.1, 0.15) is 0 Å². The van der Waals surface area contributed by atoms with E-state index in [1.54, 1.807) is 0 Å². The van der Waals surface area contributed by atoms with Crippen molar-refractivity contribution in [1.82, 2.24) is 4.90 Å². The Morgan fingerprint density at radius 2 is 1.94 bits per heavy atom. The lowest BCUT2D eigenvalue weighted by molar-refractivity contribution is 0.263. The molecule has 1 aromatic carbocycles. The van der Waals surface area contributed by atoms with E-state index in [9.17, 15) is 4.39 Å². The molecule has 2 N–H and O–H groups in total. The molecule has 0 spiro atoms. The van der Waals surface area contributed by atoms with Crippen molar-refractivity contribution in [2.45, 2.75) is 26.4 Å². The number of nitrogens with zero attached hydrogens (tertiary/aromatic N) is 1. The van der Waals surface area contributed by atoms with Gasteiger partial charge in [-0.15, -0.1) is 0 Å². The van der Waals surface area contributed by atoms with Gasteiger partial charge in [0.2, 0.25) is 0 Å². The van der Waals surface area contributed by atoms with Gasteiger partial charge in [-0.3, -0.25) is 9.29 Å². The number of rotatable bonds is 7. The number of benzene rings is 1. The van der Waals surface area contributed by atoms with Gasteiger partial charge in [-0.25, -0.2) is 0 Å². The summed E-state index contributed by atoms with van der Waals surface area (Å²) in [5.41, 5.74) is 8.13. The number of nitrogens with two attached hydrogens (primary N) is 1. The fourth-order valence-electron chi connectivity index (χ4n) is 1.78. The average Bonchev–Trinajstić information content (AvgIpc) is 2.34. The Kier molecular flexibility index (Phi) is 6.04. The van der Waals surface area contributed by atoms with Crippen molar-refractivity contribution >= 4 is 0 Å². The van der Waals surface area contributed by atoms with Gasteiger partial charge >= 0.3 is 0 Å². The first-order chi connectivity index (χ1) is 7.81. The normalized spacial score (nSPS) is 11.0. The molecule has 16 heavy (non-hydrogen) atoms. The second kappa shape index (κ2) is 7.36. The molecule has 0 unspecified atom stereocenters. The van der Waals surface area contributed by atoms with E-state index in [4.69, 9.17) is 5.73 Å². The summed E-state index contributed by atoms with van der Waals surface area (Å²) >= 11 is 0. The molecule has 1 rings (SSSR count). The zero-order valence-electron chi connectivity index (χ0n) is 9.95. The van der Waals surface area contributed by atoms with Crippen LogP contribution in [0.5, 0.6) is 0 Å². The molecule has 3 heteroatoms. The first-order valence-electron chi connectivity index (χ1n) is 5.87. The van der Waals surface area contributed by atoms with Gasteiger partial charge in [0, 0.05) is 19.6 Å². The van der Waals surface area contributed by atoms with Crippen LogP contribution in [0.4, 0.5) is 4.39 Å². The number of alkyl halides is 1. The molecule has 0 heterocycles. The number of hydrogen-bond donors (Lipinski definition) is 1. The summed E-state index contributed by atoms with van der Waals surface area (Å²) in [6, 6.07) is 8.18. The van der Waals surface area contributed by atoms with Gasteiger partial charge < -0.3 is 5.73 Å². The SMILES string of the molecule is CCN(CCCF)Cc1ccccc1CN. The first kappa shape index (κ1) is 13.1. The van der Waals surface area contributed by atoms with Gasteiger partial charge in [-0.2, -0.15) is 0 Å². The summed E-state index contributed by atoms with van der Waals surface area (Å²) in [4.78, 5) is 2.24. The van der Waals surface area contributed by atoms with Gasteiger partial charge in [0.15, 0.2) is 0 Å². The van der Waals surface area contributed by atoms with E-state index in [1.165, 1.54) is 11.1 Å². The predicted molar refractivity (Wildman–Crippen MR) is 65.9 cm³/mol. The second-order valence-electron chi connectivity index (χ2n) is 3.88. The van der Waals surface area contributed by atoms with Crippen molar-refractivity contribution in [3.05, 3.63) is 35.4 Å². The molecule has 0 atom stereocenters. The van der Waals surface area contributed by atoms with Crippen LogP contribution in [0.15, 0.2) is 24.3 Å². The monoisotopic (exact) mass is 224 g/mol. The van der Waals surface area contributed by atoms with Gasteiger partial charge in [-0.05, 0) is 24.1 Å². The zero-order chi connectivity index (χ0) is 11.8. The molecule has 0 aliphatic carbocycles. The van der Waals surface area contributed by atoms with Crippen LogP contribution in [0.25, 0.3) is 0 Å². The van der Waals surface area contributed by atoms with Crippen LogP contribution in [0.2, 0.25) is 0 Å². The molecular formula is C13H21FN2. The van der Waals surface area contributed by atoms with Crippen molar-refractivity contribution in [3.8, 4) is 0 Å². The predicted octanol–water partition coefficient (Wildman–Crippen LogP) is 2.33. The lowest BCUT2D eigenvalue weighted by atomic mass is 10.1. The van der Waals surface area contributed by atoms with Crippen molar-refractivity contribution in [1.29, 1.82) is 0 Å². The molecule has 90 valence electrons. The lowest BCUT2D eigenvalue weighted by Gasteiger charge is -2.21. The van der Waals surface area contributed by atoms with Crippen LogP contribution < -0.4 is 5.73 Å². The van der Waals surface area contributed by atoms with E-state index in [-0.39, 0.29) is 6.67 Å². The maximum atomic E-state index is 12.1.